The van der Waals surface area contributed by atoms with Crippen LogP contribution in [0.2, 0.25) is 0 Å². The Hall–Kier alpha value is -2.08. The lowest BCUT2D eigenvalue weighted by atomic mass is 9.90. The monoisotopic (exact) mass is 362 g/mol. The molecule has 0 bridgehead atoms. The molecule has 26 heavy (non-hydrogen) atoms. The fourth-order valence-corrected chi connectivity index (χ4v) is 3.18. The zero-order valence-electron chi connectivity index (χ0n) is 16.1. The van der Waals surface area contributed by atoms with E-state index in [1.165, 1.54) is 7.11 Å². The highest BCUT2D eigenvalue weighted by Crippen LogP contribution is 2.23. The molecule has 6 heteroatoms. The highest BCUT2D eigenvalue weighted by Gasteiger charge is 2.29. The number of hydrogen-bond donors (Lipinski definition) is 2. The molecule has 1 aliphatic carbocycles. The quantitative estimate of drug-likeness (QED) is 0.786. The van der Waals surface area contributed by atoms with E-state index in [-0.39, 0.29) is 24.1 Å². The van der Waals surface area contributed by atoms with Crippen LogP contribution in [0.4, 0.5) is 4.79 Å². The van der Waals surface area contributed by atoms with Gasteiger partial charge in [-0.15, -0.1) is 0 Å². The van der Waals surface area contributed by atoms with Crippen LogP contribution in [-0.4, -0.2) is 36.9 Å². The Morgan fingerprint density at radius 1 is 1.04 bits per heavy atom. The number of esters is 1. The van der Waals surface area contributed by atoms with Crippen molar-refractivity contribution >= 4 is 12.1 Å². The Bertz CT molecular complexity index is 590. The maximum absolute atomic E-state index is 12.2. The number of hydrogen-bond acceptors (Lipinski definition) is 5. The molecule has 0 saturated heterocycles. The summed E-state index contributed by atoms with van der Waals surface area (Å²) in [6, 6.07) is 9.43. The van der Waals surface area contributed by atoms with Gasteiger partial charge < -0.3 is 14.8 Å². The SMILES string of the molecule is COC(=O)[C@@H](NC1CCC(NC(=O)OC(C)(C)C)CC1)c1ccccc1. The molecule has 1 amide bonds. The van der Waals surface area contributed by atoms with Crippen LogP contribution >= 0.6 is 0 Å². The van der Waals surface area contributed by atoms with Gasteiger partial charge in [-0.2, -0.15) is 0 Å². The molecule has 0 unspecified atom stereocenters. The van der Waals surface area contributed by atoms with Crippen LogP contribution < -0.4 is 10.6 Å². The molecule has 0 radical (unpaired) electrons. The first-order valence-corrected chi connectivity index (χ1v) is 9.17. The van der Waals surface area contributed by atoms with Gasteiger partial charge >= 0.3 is 12.1 Å². The highest BCUT2D eigenvalue weighted by atomic mass is 16.6. The molecule has 0 spiro atoms. The number of methoxy groups -OCH3 is 1. The lowest BCUT2D eigenvalue weighted by Gasteiger charge is -2.32. The lowest BCUT2D eigenvalue weighted by Crippen LogP contribution is -2.45. The normalized spacial score (nSPS) is 21.5. The number of alkyl carbamates (subject to hydrolysis) is 1. The molecule has 0 heterocycles. The van der Waals surface area contributed by atoms with Crippen molar-refractivity contribution in [1.82, 2.24) is 10.6 Å². The highest BCUT2D eigenvalue weighted by molar-refractivity contribution is 5.77. The Morgan fingerprint density at radius 2 is 1.62 bits per heavy atom. The third-order valence-electron chi connectivity index (χ3n) is 4.42. The Kier molecular flexibility index (Phi) is 7.03. The Balaban J connectivity index is 1.86. The third-order valence-corrected chi connectivity index (χ3v) is 4.42. The van der Waals surface area contributed by atoms with Crippen molar-refractivity contribution in [3.05, 3.63) is 35.9 Å². The van der Waals surface area contributed by atoms with Gasteiger partial charge in [0.15, 0.2) is 0 Å². The largest absolute Gasteiger partial charge is 0.468 e. The van der Waals surface area contributed by atoms with Crippen LogP contribution in [-0.2, 0) is 14.3 Å². The van der Waals surface area contributed by atoms with E-state index in [0.717, 1.165) is 31.2 Å². The van der Waals surface area contributed by atoms with Crippen molar-refractivity contribution in [2.45, 2.75) is 70.2 Å². The fourth-order valence-electron chi connectivity index (χ4n) is 3.18. The first-order valence-electron chi connectivity index (χ1n) is 9.17. The second-order valence-corrected chi connectivity index (χ2v) is 7.73. The number of amides is 1. The molecule has 2 rings (SSSR count). The van der Waals surface area contributed by atoms with Crippen LogP contribution in [0.15, 0.2) is 30.3 Å². The number of ether oxygens (including phenoxy) is 2. The zero-order valence-corrected chi connectivity index (χ0v) is 16.1. The molecule has 0 aliphatic heterocycles. The van der Waals surface area contributed by atoms with Crippen molar-refractivity contribution in [3.8, 4) is 0 Å². The molecule has 1 atom stereocenters. The molecular weight excluding hydrogens is 332 g/mol. The molecule has 6 nitrogen and oxygen atoms in total. The maximum atomic E-state index is 12.2. The predicted octanol–water partition coefficient (Wildman–Crippen LogP) is 3.33. The van der Waals surface area contributed by atoms with Crippen molar-refractivity contribution in [2.75, 3.05) is 7.11 Å². The number of nitrogens with one attached hydrogen (secondary N) is 2. The van der Waals surface area contributed by atoms with E-state index in [4.69, 9.17) is 9.47 Å². The van der Waals surface area contributed by atoms with Gasteiger partial charge in [0, 0.05) is 12.1 Å². The van der Waals surface area contributed by atoms with E-state index in [9.17, 15) is 9.59 Å². The number of rotatable bonds is 5. The molecule has 1 aromatic rings. The second kappa shape index (κ2) is 9.03. The average Bonchev–Trinajstić information content (AvgIpc) is 2.59. The smallest absolute Gasteiger partial charge is 0.407 e. The summed E-state index contributed by atoms with van der Waals surface area (Å²) in [6.07, 6.45) is 3.08. The summed E-state index contributed by atoms with van der Waals surface area (Å²) in [5.74, 6) is -0.287. The van der Waals surface area contributed by atoms with Crippen molar-refractivity contribution in [3.63, 3.8) is 0 Å². The molecule has 2 N–H and O–H groups in total. The summed E-state index contributed by atoms with van der Waals surface area (Å²) in [4.78, 5) is 24.1. The van der Waals surface area contributed by atoms with Gasteiger partial charge in [-0.25, -0.2) is 9.59 Å². The molecule has 1 fully saturated rings. The molecule has 144 valence electrons. The Labute approximate surface area is 155 Å². The van der Waals surface area contributed by atoms with E-state index in [1.807, 2.05) is 51.1 Å². The van der Waals surface area contributed by atoms with E-state index in [1.54, 1.807) is 0 Å². The van der Waals surface area contributed by atoms with Crippen LogP contribution in [0, 0.1) is 0 Å². The van der Waals surface area contributed by atoms with Crippen molar-refractivity contribution < 1.29 is 19.1 Å². The van der Waals surface area contributed by atoms with Crippen LogP contribution in [0.3, 0.4) is 0 Å². The number of benzene rings is 1. The van der Waals surface area contributed by atoms with E-state index in [2.05, 4.69) is 10.6 Å². The van der Waals surface area contributed by atoms with Gasteiger partial charge in [-0.1, -0.05) is 30.3 Å². The fraction of sp³-hybridized carbons (Fsp3) is 0.600. The lowest BCUT2D eigenvalue weighted by molar-refractivity contribution is -0.143. The maximum Gasteiger partial charge on any atom is 0.407 e. The van der Waals surface area contributed by atoms with E-state index in [0.29, 0.717) is 0 Å². The molecule has 1 saturated carbocycles. The first-order chi connectivity index (χ1) is 12.3. The standard InChI is InChI=1S/C20H30N2O4/c1-20(2,3)26-19(24)22-16-12-10-15(11-13-16)21-17(18(23)25-4)14-8-6-5-7-9-14/h5-9,15-17,21H,10-13H2,1-4H3,(H,22,24)/t15?,16?,17-/m0/s1. The number of carbonyl (C=O) groups excluding carboxylic acids is 2. The van der Waals surface area contributed by atoms with Gasteiger partial charge in [0.05, 0.1) is 7.11 Å². The van der Waals surface area contributed by atoms with Crippen molar-refractivity contribution in [2.24, 2.45) is 0 Å². The predicted molar refractivity (Wildman–Crippen MR) is 99.7 cm³/mol. The summed E-state index contributed by atoms with van der Waals surface area (Å²) >= 11 is 0. The molecule has 1 aromatic carbocycles. The molecule has 1 aliphatic rings. The zero-order chi connectivity index (χ0) is 19.2. The van der Waals surface area contributed by atoms with Crippen LogP contribution in [0.1, 0.15) is 58.1 Å². The first kappa shape index (κ1) is 20.2. The summed E-state index contributed by atoms with van der Waals surface area (Å²) in [6.45, 7) is 5.55. The van der Waals surface area contributed by atoms with E-state index < -0.39 is 11.6 Å². The summed E-state index contributed by atoms with van der Waals surface area (Å²) in [5, 5.41) is 6.35. The minimum atomic E-state index is -0.494. The van der Waals surface area contributed by atoms with Gasteiger partial charge in [0.2, 0.25) is 0 Å². The third kappa shape index (κ3) is 6.33. The minimum absolute atomic E-state index is 0.108. The van der Waals surface area contributed by atoms with Gasteiger partial charge in [-0.3, -0.25) is 5.32 Å². The second-order valence-electron chi connectivity index (χ2n) is 7.73. The van der Waals surface area contributed by atoms with Gasteiger partial charge in [0.25, 0.3) is 0 Å². The van der Waals surface area contributed by atoms with Crippen LogP contribution in [0.25, 0.3) is 0 Å². The van der Waals surface area contributed by atoms with E-state index >= 15 is 0 Å². The topological polar surface area (TPSA) is 76.7 Å². The summed E-state index contributed by atoms with van der Waals surface area (Å²) in [5.41, 5.74) is 0.403. The van der Waals surface area contributed by atoms with Crippen LogP contribution in [0.5, 0.6) is 0 Å². The van der Waals surface area contributed by atoms with Gasteiger partial charge in [0.1, 0.15) is 11.6 Å². The molecule has 0 aromatic heterocycles. The Morgan fingerprint density at radius 3 is 2.15 bits per heavy atom. The van der Waals surface area contributed by atoms with Crippen molar-refractivity contribution in [1.29, 1.82) is 0 Å². The number of carbonyl (C=O) groups is 2. The van der Waals surface area contributed by atoms with Gasteiger partial charge in [-0.05, 0) is 52.0 Å². The minimum Gasteiger partial charge on any atom is -0.468 e. The average molecular weight is 362 g/mol. The summed E-state index contributed by atoms with van der Waals surface area (Å²) in [7, 11) is 1.40. The summed E-state index contributed by atoms with van der Waals surface area (Å²) < 4.78 is 10.3. The molecular formula is C20H30N2O4.